The molecule has 0 amide bonds. The van der Waals surface area contributed by atoms with E-state index in [-0.39, 0.29) is 0 Å². The number of aryl methyl sites for hydroxylation is 1. The first-order valence-electron chi connectivity index (χ1n) is 4.42. The highest BCUT2D eigenvalue weighted by Gasteiger charge is 2.00. The molecular formula is C10H11BrN2. The Bertz CT molecular complexity index is 420. The van der Waals surface area contributed by atoms with Gasteiger partial charge in [-0.05, 0) is 24.6 Å². The van der Waals surface area contributed by atoms with Crippen LogP contribution in [0.5, 0.6) is 0 Å². The van der Waals surface area contributed by atoms with Crippen LogP contribution in [0.2, 0.25) is 0 Å². The fraction of sp³-hybridized carbons (Fsp3) is 0.300. The summed E-state index contributed by atoms with van der Waals surface area (Å²) in [5.41, 5.74) is 1.21. The molecule has 1 heterocycles. The molecule has 0 radical (unpaired) electrons. The number of aromatic nitrogens is 2. The average Bonchev–Trinajstić information content (AvgIpc) is 2.49. The van der Waals surface area contributed by atoms with E-state index in [0.717, 1.165) is 17.4 Å². The minimum atomic E-state index is 0.991. The van der Waals surface area contributed by atoms with Crippen molar-refractivity contribution >= 4 is 26.8 Å². The minimum absolute atomic E-state index is 0.991. The van der Waals surface area contributed by atoms with Crippen LogP contribution >= 0.6 is 15.9 Å². The Labute approximate surface area is 85.7 Å². The largest absolute Gasteiger partial charge is 0.265 e. The van der Waals surface area contributed by atoms with Gasteiger partial charge in [0.15, 0.2) is 0 Å². The van der Waals surface area contributed by atoms with Crippen molar-refractivity contribution in [1.82, 2.24) is 9.78 Å². The van der Waals surface area contributed by atoms with Crippen LogP contribution < -0.4 is 0 Å². The fourth-order valence-corrected chi connectivity index (χ4v) is 1.83. The maximum absolute atomic E-state index is 4.32. The first-order valence-corrected chi connectivity index (χ1v) is 5.21. The Hall–Kier alpha value is -0.830. The van der Waals surface area contributed by atoms with E-state index in [1.54, 1.807) is 0 Å². The molecule has 0 aliphatic heterocycles. The zero-order valence-electron chi connectivity index (χ0n) is 7.50. The van der Waals surface area contributed by atoms with Gasteiger partial charge >= 0.3 is 0 Å². The van der Waals surface area contributed by atoms with Gasteiger partial charge in [0.2, 0.25) is 0 Å². The lowest BCUT2D eigenvalue weighted by molar-refractivity contribution is 0.622. The predicted octanol–water partition coefficient (Wildman–Crippen LogP) is 3.21. The number of nitrogens with zero attached hydrogens (tertiary/aromatic N) is 2. The summed E-state index contributed by atoms with van der Waals surface area (Å²) in [5, 5.41) is 5.52. The summed E-state index contributed by atoms with van der Waals surface area (Å²) in [7, 11) is 0. The van der Waals surface area contributed by atoms with Gasteiger partial charge in [0.05, 0.1) is 11.7 Å². The second-order valence-electron chi connectivity index (χ2n) is 3.07. The third-order valence-electron chi connectivity index (χ3n) is 2.04. The van der Waals surface area contributed by atoms with Crippen LogP contribution in [0.1, 0.15) is 13.3 Å². The molecule has 0 saturated carbocycles. The summed E-state index contributed by atoms with van der Waals surface area (Å²) in [6, 6.07) is 6.24. The van der Waals surface area contributed by atoms with Gasteiger partial charge in [-0.1, -0.05) is 22.9 Å². The number of hydrogen-bond donors (Lipinski definition) is 0. The van der Waals surface area contributed by atoms with E-state index in [9.17, 15) is 0 Å². The molecule has 2 nitrogen and oxygen atoms in total. The highest BCUT2D eigenvalue weighted by molar-refractivity contribution is 9.10. The highest BCUT2D eigenvalue weighted by atomic mass is 79.9. The zero-order valence-corrected chi connectivity index (χ0v) is 9.08. The van der Waals surface area contributed by atoms with Crippen molar-refractivity contribution in [2.24, 2.45) is 0 Å². The van der Waals surface area contributed by atoms with Crippen molar-refractivity contribution < 1.29 is 0 Å². The summed E-state index contributed by atoms with van der Waals surface area (Å²) in [6.07, 6.45) is 3.03. The van der Waals surface area contributed by atoms with Gasteiger partial charge in [0.25, 0.3) is 0 Å². The molecule has 13 heavy (non-hydrogen) atoms. The number of rotatable bonds is 2. The van der Waals surface area contributed by atoms with Crippen molar-refractivity contribution in [3.05, 3.63) is 28.9 Å². The van der Waals surface area contributed by atoms with Crippen LogP contribution in [0.15, 0.2) is 28.9 Å². The molecule has 0 saturated heterocycles. The molecule has 0 atom stereocenters. The van der Waals surface area contributed by atoms with Gasteiger partial charge in [-0.3, -0.25) is 4.68 Å². The van der Waals surface area contributed by atoms with Crippen molar-refractivity contribution in [2.45, 2.75) is 19.9 Å². The second kappa shape index (κ2) is 3.50. The summed E-state index contributed by atoms with van der Waals surface area (Å²) in [5.74, 6) is 0. The van der Waals surface area contributed by atoms with Gasteiger partial charge < -0.3 is 0 Å². The first kappa shape index (κ1) is 8.75. The third kappa shape index (κ3) is 1.61. The normalized spacial score (nSPS) is 10.9. The SMILES string of the molecule is CCCn1ncc2cc(Br)ccc21. The quantitative estimate of drug-likeness (QED) is 0.786. The van der Waals surface area contributed by atoms with Crippen LogP contribution in [0.3, 0.4) is 0 Å². The van der Waals surface area contributed by atoms with E-state index in [1.807, 2.05) is 10.9 Å². The van der Waals surface area contributed by atoms with E-state index < -0.39 is 0 Å². The Morgan fingerprint density at radius 2 is 2.31 bits per heavy atom. The lowest BCUT2D eigenvalue weighted by Gasteiger charge is -1.99. The summed E-state index contributed by atoms with van der Waals surface area (Å²) in [6.45, 7) is 3.15. The lowest BCUT2D eigenvalue weighted by Crippen LogP contribution is -1.97. The monoisotopic (exact) mass is 238 g/mol. The van der Waals surface area contributed by atoms with Gasteiger partial charge in [0, 0.05) is 16.4 Å². The smallest absolute Gasteiger partial charge is 0.0683 e. The van der Waals surface area contributed by atoms with Crippen LogP contribution in [-0.4, -0.2) is 9.78 Å². The molecule has 2 aromatic rings. The van der Waals surface area contributed by atoms with Gasteiger partial charge in [-0.2, -0.15) is 5.10 Å². The summed E-state index contributed by atoms with van der Waals surface area (Å²) >= 11 is 3.44. The molecule has 0 bridgehead atoms. The molecule has 3 heteroatoms. The van der Waals surface area contributed by atoms with E-state index in [4.69, 9.17) is 0 Å². The minimum Gasteiger partial charge on any atom is -0.265 e. The summed E-state index contributed by atoms with van der Waals surface area (Å²) < 4.78 is 3.15. The molecule has 1 aromatic heterocycles. The van der Waals surface area contributed by atoms with Crippen molar-refractivity contribution in [1.29, 1.82) is 0 Å². The number of fused-ring (bicyclic) bond motifs is 1. The van der Waals surface area contributed by atoms with E-state index in [0.29, 0.717) is 0 Å². The highest BCUT2D eigenvalue weighted by Crippen LogP contribution is 2.19. The van der Waals surface area contributed by atoms with Gasteiger partial charge in [-0.15, -0.1) is 0 Å². The molecule has 0 spiro atoms. The zero-order chi connectivity index (χ0) is 9.26. The standard InChI is InChI=1S/C10H11BrN2/c1-2-5-13-10-4-3-9(11)6-8(10)7-12-13/h3-4,6-7H,2,5H2,1H3. The van der Waals surface area contributed by atoms with Crippen LogP contribution in [0.25, 0.3) is 10.9 Å². The Morgan fingerprint density at radius 3 is 3.08 bits per heavy atom. The first-order chi connectivity index (χ1) is 6.31. The number of halogens is 1. The molecular weight excluding hydrogens is 228 g/mol. The lowest BCUT2D eigenvalue weighted by atomic mass is 10.2. The third-order valence-corrected chi connectivity index (χ3v) is 2.53. The van der Waals surface area contributed by atoms with Crippen molar-refractivity contribution in [2.75, 3.05) is 0 Å². The van der Waals surface area contributed by atoms with Crippen molar-refractivity contribution in [3.63, 3.8) is 0 Å². The van der Waals surface area contributed by atoms with E-state index >= 15 is 0 Å². The molecule has 0 N–H and O–H groups in total. The van der Waals surface area contributed by atoms with Crippen molar-refractivity contribution in [3.8, 4) is 0 Å². The molecule has 1 aromatic carbocycles. The molecule has 0 unspecified atom stereocenters. The van der Waals surface area contributed by atoms with Crippen LogP contribution in [-0.2, 0) is 6.54 Å². The van der Waals surface area contributed by atoms with E-state index in [2.05, 4.69) is 46.2 Å². The molecule has 0 aliphatic carbocycles. The maximum Gasteiger partial charge on any atom is 0.0683 e. The fourth-order valence-electron chi connectivity index (χ4n) is 1.45. The predicted molar refractivity (Wildman–Crippen MR) is 57.7 cm³/mol. The molecule has 2 rings (SSSR count). The Balaban J connectivity index is 2.55. The topological polar surface area (TPSA) is 17.8 Å². The van der Waals surface area contributed by atoms with Crippen LogP contribution in [0, 0.1) is 0 Å². The van der Waals surface area contributed by atoms with Gasteiger partial charge in [-0.25, -0.2) is 0 Å². The molecule has 0 fully saturated rings. The number of hydrogen-bond acceptors (Lipinski definition) is 1. The molecule has 0 aliphatic rings. The summed E-state index contributed by atoms with van der Waals surface area (Å²) in [4.78, 5) is 0. The molecule has 68 valence electrons. The number of benzene rings is 1. The maximum atomic E-state index is 4.32. The van der Waals surface area contributed by atoms with Crippen LogP contribution in [0.4, 0.5) is 0 Å². The Morgan fingerprint density at radius 1 is 1.46 bits per heavy atom. The van der Waals surface area contributed by atoms with Gasteiger partial charge in [0.1, 0.15) is 0 Å². The second-order valence-corrected chi connectivity index (χ2v) is 3.99. The van der Waals surface area contributed by atoms with E-state index in [1.165, 1.54) is 10.9 Å². The average molecular weight is 239 g/mol. The Kier molecular flexibility index (Phi) is 2.36.